The molecule has 6 nitrogen and oxygen atoms in total. The van der Waals surface area contributed by atoms with Crippen molar-refractivity contribution in [3.05, 3.63) is 41.0 Å². The van der Waals surface area contributed by atoms with Crippen molar-refractivity contribution in [3.63, 3.8) is 0 Å². The molecule has 0 fully saturated rings. The minimum Gasteiger partial charge on any atom is -0.443 e. The third-order valence-corrected chi connectivity index (χ3v) is 4.26. The predicted octanol–water partition coefficient (Wildman–Crippen LogP) is 4.11. The first kappa shape index (κ1) is 18.6. The smallest absolute Gasteiger partial charge is 0.416 e. The number of amides is 1. The largest absolute Gasteiger partial charge is 0.443 e. The van der Waals surface area contributed by atoms with Crippen LogP contribution in [0.2, 0.25) is 5.15 Å². The van der Waals surface area contributed by atoms with E-state index in [9.17, 15) is 4.79 Å². The maximum Gasteiger partial charge on any atom is 0.416 e. The Balaban J connectivity index is 2.05. The van der Waals surface area contributed by atoms with Gasteiger partial charge in [-0.3, -0.25) is 4.90 Å². The Kier molecular flexibility index (Phi) is 5.16. The molecule has 1 unspecified atom stereocenters. The second kappa shape index (κ2) is 7.21. The minimum atomic E-state index is -0.615. The number of aromatic nitrogens is 2. The number of rotatable bonds is 3. The molecule has 1 aromatic carbocycles. The van der Waals surface area contributed by atoms with Gasteiger partial charge < -0.3 is 9.47 Å². The van der Waals surface area contributed by atoms with Gasteiger partial charge in [0.05, 0.1) is 12.6 Å². The molecule has 138 valence electrons. The molecular weight excluding hydrogens is 354 g/mol. The van der Waals surface area contributed by atoms with E-state index in [1.54, 1.807) is 7.11 Å². The molecule has 0 spiro atoms. The zero-order valence-electron chi connectivity index (χ0n) is 15.3. The molecule has 0 N–H and O–H groups in total. The molecule has 0 bridgehead atoms. The first-order valence-electron chi connectivity index (χ1n) is 8.43. The fourth-order valence-electron chi connectivity index (χ4n) is 2.91. The van der Waals surface area contributed by atoms with E-state index in [4.69, 9.17) is 21.1 Å². The lowest BCUT2D eigenvalue weighted by Gasteiger charge is -2.28. The van der Waals surface area contributed by atoms with Crippen molar-refractivity contribution < 1.29 is 14.3 Å². The van der Waals surface area contributed by atoms with Crippen LogP contribution in [0.4, 0.5) is 10.6 Å². The van der Waals surface area contributed by atoms with Crippen LogP contribution in [0.25, 0.3) is 11.4 Å². The molecule has 1 aliphatic heterocycles. The molecule has 7 heteroatoms. The van der Waals surface area contributed by atoms with Gasteiger partial charge in [-0.05, 0) is 20.8 Å². The molecule has 3 rings (SSSR count). The van der Waals surface area contributed by atoms with Gasteiger partial charge >= 0.3 is 6.09 Å². The minimum absolute atomic E-state index is 0.234. The summed E-state index contributed by atoms with van der Waals surface area (Å²) in [4.78, 5) is 23.4. The fraction of sp³-hybridized carbons (Fsp3) is 0.421. The quantitative estimate of drug-likeness (QED) is 0.755. The summed E-state index contributed by atoms with van der Waals surface area (Å²) in [5, 5.41) is 0.348. The summed E-state index contributed by atoms with van der Waals surface area (Å²) in [6.45, 7) is 5.84. The Morgan fingerprint density at radius 3 is 2.58 bits per heavy atom. The van der Waals surface area contributed by atoms with Gasteiger partial charge in [0.25, 0.3) is 0 Å². The summed E-state index contributed by atoms with van der Waals surface area (Å²) in [6, 6.07) is 9.29. The molecule has 0 saturated heterocycles. The van der Waals surface area contributed by atoms with Crippen LogP contribution in [0.1, 0.15) is 26.3 Å². The van der Waals surface area contributed by atoms with Crippen LogP contribution in [0, 0.1) is 0 Å². The second-order valence-corrected chi connectivity index (χ2v) is 7.53. The maximum absolute atomic E-state index is 12.8. The molecule has 0 radical (unpaired) electrons. The molecule has 1 amide bonds. The summed E-state index contributed by atoms with van der Waals surface area (Å²) < 4.78 is 10.9. The Bertz CT molecular complexity index is 806. The van der Waals surface area contributed by atoms with E-state index >= 15 is 0 Å². The number of ether oxygens (including phenoxy) is 2. The summed E-state index contributed by atoms with van der Waals surface area (Å²) in [7, 11) is 1.60. The summed E-state index contributed by atoms with van der Waals surface area (Å²) >= 11 is 6.42. The highest BCUT2D eigenvalue weighted by molar-refractivity contribution is 6.30. The van der Waals surface area contributed by atoms with Crippen LogP contribution in [-0.2, 0) is 15.9 Å². The van der Waals surface area contributed by atoms with Crippen molar-refractivity contribution in [2.45, 2.75) is 38.8 Å². The SMILES string of the molecule is COCC1Cc2c(Cl)nc(-c3ccccc3)nc2N1C(=O)OC(C)(C)C. The molecule has 1 atom stereocenters. The number of benzene rings is 1. The van der Waals surface area contributed by atoms with Crippen molar-refractivity contribution >= 4 is 23.5 Å². The van der Waals surface area contributed by atoms with Crippen molar-refractivity contribution in [2.75, 3.05) is 18.6 Å². The standard InChI is InChI=1S/C19H22ClN3O3/c1-19(2,3)26-18(24)23-13(11-25-4)10-14-15(20)21-16(22-17(14)23)12-8-6-5-7-9-12/h5-9,13H,10-11H2,1-4H3. The molecule has 2 aromatic rings. The third-order valence-electron chi connectivity index (χ3n) is 3.95. The number of carbonyl (C=O) groups excluding carboxylic acids is 1. The van der Waals surface area contributed by atoms with E-state index in [0.717, 1.165) is 11.1 Å². The maximum atomic E-state index is 12.8. The van der Waals surface area contributed by atoms with Crippen LogP contribution in [0.3, 0.4) is 0 Å². The van der Waals surface area contributed by atoms with Crippen LogP contribution in [-0.4, -0.2) is 41.4 Å². The van der Waals surface area contributed by atoms with Gasteiger partial charge in [-0.25, -0.2) is 14.8 Å². The summed E-state index contributed by atoms with van der Waals surface area (Å²) in [5.41, 5.74) is 0.951. The van der Waals surface area contributed by atoms with Crippen molar-refractivity contribution in [1.29, 1.82) is 0 Å². The Morgan fingerprint density at radius 2 is 1.96 bits per heavy atom. The highest BCUT2D eigenvalue weighted by Gasteiger charge is 2.39. The molecule has 0 aliphatic carbocycles. The number of methoxy groups -OCH3 is 1. The summed E-state index contributed by atoms with van der Waals surface area (Å²) in [5.74, 6) is 0.959. The van der Waals surface area contributed by atoms with Gasteiger partial charge in [-0.1, -0.05) is 41.9 Å². The molecular formula is C19H22ClN3O3. The van der Waals surface area contributed by atoms with E-state index in [1.807, 2.05) is 51.1 Å². The van der Waals surface area contributed by atoms with Crippen molar-refractivity contribution in [3.8, 4) is 11.4 Å². The highest BCUT2D eigenvalue weighted by atomic mass is 35.5. The lowest BCUT2D eigenvalue weighted by Crippen LogP contribution is -2.43. The third kappa shape index (κ3) is 3.81. The summed E-state index contributed by atoms with van der Waals surface area (Å²) in [6.07, 6.45) is 0.0585. The van der Waals surface area contributed by atoms with Gasteiger partial charge in [-0.2, -0.15) is 0 Å². The number of anilines is 1. The Morgan fingerprint density at radius 1 is 1.27 bits per heavy atom. The number of carbonyl (C=O) groups is 1. The highest BCUT2D eigenvalue weighted by Crippen LogP contribution is 2.37. The lowest BCUT2D eigenvalue weighted by molar-refractivity contribution is 0.0547. The topological polar surface area (TPSA) is 64.6 Å². The van der Waals surface area contributed by atoms with E-state index in [0.29, 0.717) is 29.8 Å². The number of nitrogens with zero attached hydrogens (tertiary/aromatic N) is 3. The lowest BCUT2D eigenvalue weighted by atomic mass is 10.1. The number of halogens is 1. The monoisotopic (exact) mass is 375 g/mol. The number of hydrogen-bond donors (Lipinski definition) is 0. The first-order valence-corrected chi connectivity index (χ1v) is 8.81. The van der Waals surface area contributed by atoms with Crippen LogP contribution in [0.15, 0.2) is 30.3 Å². The zero-order valence-corrected chi connectivity index (χ0v) is 16.1. The Labute approximate surface area is 158 Å². The molecule has 1 aromatic heterocycles. The van der Waals surface area contributed by atoms with E-state index in [1.165, 1.54) is 4.90 Å². The van der Waals surface area contributed by atoms with Gasteiger partial charge in [0.15, 0.2) is 5.82 Å². The zero-order chi connectivity index (χ0) is 18.9. The van der Waals surface area contributed by atoms with E-state index in [-0.39, 0.29) is 6.04 Å². The van der Waals surface area contributed by atoms with Crippen LogP contribution < -0.4 is 4.90 Å². The normalized spacial score (nSPS) is 16.5. The number of hydrogen-bond acceptors (Lipinski definition) is 5. The first-order chi connectivity index (χ1) is 12.3. The van der Waals surface area contributed by atoms with Gasteiger partial charge in [0, 0.05) is 24.7 Å². The fourth-order valence-corrected chi connectivity index (χ4v) is 3.15. The van der Waals surface area contributed by atoms with Crippen LogP contribution in [0.5, 0.6) is 0 Å². The molecule has 2 heterocycles. The Hall–Kier alpha value is -2.18. The average molecular weight is 376 g/mol. The molecule has 26 heavy (non-hydrogen) atoms. The predicted molar refractivity (Wildman–Crippen MR) is 101 cm³/mol. The van der Waals surface area contributed by atoms with Gasteiger partial charge in [0.2, 0.25) is 0 Å². The van der Waals surface area contributed by atoms with Gasteiger partial charge in [0.1, 0.15) is 16.6 Å². The van der Waals surface area contributed by atoms with Crippen molar-refractivity contribution in [1.82, 2.24) is 9.97 Å². The molecule has 0 saturated carbocycles. The second-order valence-electron chi connectivity index (χ2n) is 7.17. The molecule has 1 aliphatic rings. The number of fused-ring (bicyclic) bond motifs is 1. The van der Waals surface area contributed by atoms with Crippen molar-refractivity contribution in [2.24, 2.45) is 0 Å². The van der Waals surface area contributed by atoms with E-state index < -0.39 is 11.7 Å². The van der Waals surface area contributed by atoms with E-state index in [2.05, 4.69) is 9.97 Å². The van der Waals surface area contributed by atoms with Crippen LogP contribution >= 0.6 is 11.6 Å². The average Bonchev–Trinajstić information content (AvgIpc) is 2.93. The van der Waals surface area contributed by atoms with Gasteiger partial charge in [-0.15, -0.1) is 0 Å².